The second-order valence-electron chi connectivity index (χ2n) is 10.2. The van der Waals surface area contributed by atoms with Crippen LogP contribution in [0.2, 0.25) is 0 Å². The maximum Gasteiger partial charge on any atom is 0.251 e. The minimum absolute atomic E-state index is 0.0315. The molecule has 1 saturated heterocycles. The van der Waals surface area contributed by atoms with Crippen LogP contribution in [0.25, 0.3) is 0 Å². The molecule has 5 saturated carbocycles. The fraction of sp³-hybridized carbons (Fsp3) is 0.909. The Labute approximate surface area is 187 Å². The summed E-state index contributed by atoms with van der Waals surface area (Å²) in [6.45, 7) is 0.245. The number of fused-ring (bicyclic) bond motifs is 1. The normalized spacial score (nSPS) is 46.1. The summed E-state index contributed by atoms with van der Waals surface area (Å²) in [7, 11) is 0. The first-order valence-electron chi connectivity index (χ1n) is 11.7. The molecule has 2 N–H and O–H groups in total. The number of hydrogen-bond donors (Lipinski definition) is 2. The van der Waals surface area contributed by atoms with Crippen LogP contribution in [0, 0.1) is 0 Å². The van der Waals surface area contributed by atoms with Crippen molar-refractivity contribution in [3.05, 3.63) is 0 Å². The van der Waals surface area contributed by atoms with E-state index in [4.69, 9.17) is 25.8 Å². The fourth-order valence-electron chi connectivity index (χ4n) is 6.12. The lowest BCUT2D eigenvalue weighted by Gasteiger charge is -2.70. The molecule has 0 aromatic heterocycles. The number of ether oxygens (including phenoxy) is 3. The fourth-order valence-corrected chi connectivity index (χ4v) is 6.35. The molecule has 2 amide bonds. The van der Waals surface area contributed by atoms with Crippen molar-refractivity contribution < 1.29 is 28.2 Å². The molecule has 174 valence electrons. The van der Waals surface area contributed by atoms with Crippen LogP contribution < -0.4 is 10.6 Å². The number of carbonyl (C=O) groups is 2. The molecule has 6 fully saturated rings. The Kier molecular flexibility index (Phi) is 5.95. The van der Waals surface area contributed by atoms with Crippen LogP contribution in [-0.4, -0.2) is 72.1 Å². The number of halogens is 2. The summed E-state index contributed by atoms with van der Waals surface area (Å²) in [6.07, 6.45) is 6.20. The Morgan fingerprint density at radius 2 is 1.74 bits per heavy atom. The van der Waals surface area contributed by atoms with Crippen LogP contribution in [0.1, 0.15) is 64.2 Å². The van der Waals surface area contributed by atoms with Gasteiger partial charge in [-0.15, -0.1) is 11.6 Å². The Bertz CT molecular complexity index is 704. The van der Waals surface area contributed by atoms with Gasteiger partial charge >= 0.3 is 0 Å². The van der Waals surface area contributed by atoms with E-state index in [2.05, 4.69) is 10.6 Å². The van der Waals surface area contributed by atoms with Gasteiger partial charge in [-0.3, -0.25) is 9.59 Å². The van der Waals surface area contributed by atoms with E-state index in [9.17, 15) is 14.0 Å². The van der Waals surface area contributed by atoms with E-state index >= 15 is 0 Å². The summed E-state index contributed by atoms with van der Waals surface area (Å²) in [5.74, 6) is -0.293. The molecule has 6 atom stereocenters. The predicted molar refractivity (Wildman–Crippen MR) is 111 cm³/mol. The van der Waals surface area contributed by atoms with E-state index in [1.165, 1.54) is 0 Å². The lowest BCUT2D eigenvalue weighted by Crippen LogP contribution is -2.84. The van der Waals surface area contributed by atoms with Crippen LogP contribution in [0.4, 0.5) is 4.39 Å². The van der Waals surface area contributed by atoms with E-state index in [0.29, 0.717) is 19.4 Å². The van der Waals surface area contributed by atoms with Gasteiger partial charge in [-0.1, -0.05) is 12.8 Å². The Balaban J connectivity index is 1.02. The third kappa shape index (κ3) is 4.45. The van der Waals surface area contributed by atoms with Crippen molar-refractivity contribution in [2.24, 2.45) is 0 Å². The number of alkyl halides is 2. The Morgan fingerprint density at radius 1 is 1.03 bits per heavy atom. The first-order chi connectivity index (χ1) is 14.9. The standard InChI is InChI=1S/C22H32ClFN2O5/c23-14-6-5-13(7-15(14)24)29-9-19(27)25-21-10-22(11-21,12-21)26-20(28)18-8-30-16-3-1-2-4-17(16)31-18/h13-18H,1-12H2,(H,25,27)(H,26,28). The number of hydrogen-bond acceptors (Lipinski definition) is 5. The lowest BCUT2D eigenvalue weighted by atomic mass is 9.44. The van der Waals surface area contributed by atoms with E-state index in [-0.39, 0.29) is 54.2 Å². The van der Waals surface area contributed by atoms with Gasteiger partial charge < -0.3 is 24.8 Å². The van der Waals surface area contributed by atoms with Crippen LogP contribution in [0.15, 0.2) is 0 Å². The highest BCUT2D eigenvalue weighted by molar-refractivity contribution is 6.21. The molecule has 2 bridgehead atoms. The monoisotopic (exact) mass is 458 g/mol. The highest BCUT2D eigenvalue weighted by atomic mass is 35.5. The summed E-state index contributed by atoms with van der Waals surface area (Å²) in [5, 5.41) is 5.73. The molecule has 7 nitrogen and oxygen atoms in total. The molecule has 6 aliphatic rings. The van der Waals surface area contributed by atoms with Crippen molar-refractivity contribution in [1.29, 1.82) is 0 Å². The van der Waals surface area contributed by atoms with Gasteiger partial charge in [0.2, 0.25) is 5.91 Å². The maximum absolute atomic E-state index is 13.7. The second-order valence-corrected chi connectivity index (χ2v) is 10.8. The molecule has 0 radical (unpaired) electrons. The molecule has 6 unspecified atom stereocenters. The first kappa shape index (κ1) is 21.9. The summed E-state index contributed by atoms with van der Waals surface area (Å²) in [6, 6.07) is 0. The molecule has 1 aliphatic heterocycles. The molecule has 9 heteroatoms. The van der Waals surface area contributed by atoms with Crippen molar-refractivity contribution in [2.45, 2.75) is 111 Å². The predicted octanol–water partition coefficient (Wildman–Crippen LogP) is 2.14. The van der Waals surface area contributed by atoms with Gasteiger partial charge in [0.05, 0.1) is 30.3 Å². The van der Waals surface area contributed by atoms with Crippen molar-refractivity contribution in [1.82, 2.24) is 10.6 Å². The van der Waals surface area contributed by atoms with E-state index in [1.54, 1.807) is 0 Å². The van der Waals surface area contributed by atoms with Gasteiger partial charge in [-0.05, 0) is 44.9 Å². The van der Waals surface area contributed by atoms with Gasteiger partial charge in [-0.25, -0.2) is 4.39 Å². The minimum atomic E-state index is -1.08. The summed E-state index contributed by atoms with van der Waals surface area (Å²) in [5.41, 5.74) is -0.485. The van der Waals surface area contributed by atoms with Gasteiger partial charge in [0.25, 0.3) is 5.91 Å². The smallest absolute Gasteiger partial charge is 0.251 e. The molecule has 1 heterocycles. The second kappa shape index (κ2) is 8.43. The van der Waals surface area contributed by atoms with Crippen molar-refractivity contribution >= 4 is 23.4 Å². The van der Waals surface area contributed by atoms with Gasteiger partial charge in [0, 0.05) is 17.5 Å². The third-order valence-corrected chi connectivity index (χ3v) is 8.15. The molecular formula is C22H32ClFN2O5. The average molecular weight is 459 g/mol. The zero-order valence-electron chi connectivity index (χ0n) is 17.7. The summed E-state index contributed by atoms with van der Waals surface area (Å²) in [4.78, 5) is 25.0. The molecule has 0 aromatic rings. The minimum Gasteiger partial charge on any atom is -0.372 e. The maximum atomic E-state index is 13.7. The van der Waals surface area contributed by atoms with Crippen molar-refractivity contribution in [3.63, 3.8) is 0 Å². The molecule has 6 rings (SSSR count). The largest absolute Gasteiger partial charge is 0.372 e. The SMILES string of the molecule is O=C(COC1CCC(Cl)C(F)C1)NC12CC(NC(=O)C3COC4CCCCC4O3)(C1)C2. The van der Waals surface area contributed by atoms with Crippen LogP contribution in [0.3, 0.4) is 0 Å². The number of carbonyl (C=O) groups excluding carboxylic acids is 2. The van der Waals surface area contributed by atoms with Crippen molar-refractivity contribution in [3.8, 4) is 0 Å². The molecule has 31 heavy (non-hydrogen) atoms. The zero-order chi connectivity index (χ0) is 21.6. The highest BCUT2D eigenvalue weighted by Gasteiger charge is 2.69. The highest BCUT2D eigenvalue weighted by Crippen LogP contribution is 2.60. The van der Waals surface area contributed by atoms with Gasteiger partial charge in [0.15, 0.2) is 6.10 Å². The number of rotatable bonds is 6. The van der Waals surface area contributed by atoms with Gasteiger partial charge in [-0.2, -0.15) is 0 Å². The van der Waals surface area contributed by atoms with Crippen molar-refractivity contribution in [2.75, 3.05) is 13.2 Å². The zero-order valence-corrected chi connectivity index (χ0v) is 18.5. The van der Waals surface area contributed by atoms with E-state index < -0.39 is 17.7 Å². The Hall–Kier alpha value is -0.960. The molecule has 5 aliphatic carbocycles. The summed E-state index contributed by atoms with van der Waals surface area (Å²) >= 11 is 5.89. The third-order valence-electron chi connectivity index (χ3n) is 7.65. The number of amides is 2. The lowest BCUT2D eigenvalue weighted by molar-refractivity contribution is -0.201. The molecule has 0 aromatic carbocycles. The summed E-state index contributed by atoms with van der Waals surface area (Å²) < 4.78 is 31.2. The van der Waals surface area contributed by atoms with Crippen LogP contribution >= 0.6 is 11.6 Å². The molecule has 0 spiro atoms. The van der Waals surface area contributed by atoms with Crippen LogP contribution in [-0.2, 0) is 23.8 Å². The first-order valence-corrected chi connectivity index (χ1v) is 12.1. The Morgan fingerprint density at radius 3 is 2.48 bits per heavy atom. The average Bonchev–Trinajstić information content (AvgIpc) is 2.71. The topological polar surface area (TPSA) is 85.9 Å². The van der Waals surface area contributed by atoms with E-state index in [1.807, 2.05) is 0 Å². The number of nitrogens with one attached hydrogen (secondary N) is 2. The quantitative estimate of drug-likeness (QED) is 0.595. The van der Waals surface area contributed by atoms with Gasteiger partial charge in [0.1, 0.15) is 12.8 Å². The molecular weight excluding hydrogens is 427 g/mol. The van der Waals surface area contributed by atoms with E-state index in [0.717, 1.165) is 44.9 Å². The van der Waals surface area contributed by atoms with Crippen LogP contribution in [0.5, 0.6) is 0 Å².